The van der Waals surface area contributed by atoms with Crippen molar-refractivity contribution in [3.8, 4) is 28.4 Å². The van der Waals surface area contributed by atoms with Gasteiger partial charge in [-0.2, -0.15) is 13.2 Å². The highest BCUT2D eigenvalue weighted by molar-refractivity contribution is 6.05. The highest BCUT2D eigenvalue weighted by atomic mass is 19.4. The number of aromatic amines is 1. The number of hydrogen-bond acceptors (Lipinski definition) is 10. The number of halogens is 4. The standard InChI is InChI=1S/C31H31F4N5O8/c1-4-46-22-13-23(41)38-14-18(22)15-5-6-16(20(32)9-15)10-24(42)39-26-27-17(29(44)37-7-8-40(2)3)11-19(31(33,34)35)28(26)47-25(43)12-21(36)30(45)48-27/h5-6,9,11,13-14,21H,4,7-8,10,12,36H2,1-3H3,(H,37,44)(H,38,41)(H,39,42). The summed E-state index contributed by atoms with van der Waals surface area (Å²) in [5, 5.41) is 4.53. The fraction of sp³-hybridized carbons (Fsp3) is 0.323. The van der Waals surface area contributed by atoms with E-state index in [9.17, 15) is 37.1 Å². The van der Waals surface area contributed by atoms with Crippen molar-refractivity contribution in [3.05, 3.63) is 69.4 Å². The first-order valence-electron chi connectivity index (χ1n) is 14.4. The number of pyridine rings is 1. The van der Waals surface area contributed by atoms with Crippen LogP contribution in [0.1, 0.15) is 34.8 Å². The predicted molar refractivity (Wildman–Crippen MR) is 162 cm³/mol. The molecule has 1 aromatic heterocycles. The van der Waals surface area contributed by atoms with E-state index < -0.39 is 88.5 Å². The van der Waals surface area contributed by atoms with Crippen molar-refractivity contribution in [1.82, 2.24) is 15.2 Å². The lowest BCUT2D eigenvalue weighted by Gasteiger charge is -2.21. The lowest BCUT2D eigenvalue weighted by atomic mass is 10.0. The first kappa shape index (κ1) is 35.6. The first-order valence-corrected chi connectivity index (χ1v) is 14.4. The number of nitrogens with one attached hydrogen (secondary N) is 3. The van der Waals surface area contributed by atoms with Crippen LogP contribution in [-0.4, -0.2) is 73.5 Å². The molecule has 256 valence electrons. The first-order chi connectivity index (χ1) is 22.6. The molecule has 0 aliphatic carbocycles. The molecule has 2 amide bonds. The number of aromatic nitrogens is 1. The molecule has 1 aliphatic heterocycles. The van der Waals surface area contributed by atoms with Crippen LogP contribution in [0.15, 0.2) is 41.3 Å². The van der Waals surface area contributed by atoms with Gasteiger partial charge in [-0.3, -0.25) is 19.2 Å². The number of rotatable bonds is 10. The average molecular weight is 678 g/mol. The van der Waals surface area contributed by atoms with Crippen LogP contribution in [0.3, 0.4) is 0 Å². The zero-order valence-electron chi connectivity index (χ0n) is 25.9. The van der Waals surface area contributed by atoms with Gasteiger partial charge in [0, 0.05) is 30.9 Å². The number of amides is 2. The van der Waals surface area contributed by atoms with E-state index in [1.807, 2.05) is 0 Å². The van der Waals surface area contributed by atoms with Crippen molar-refractivity contribution < 1.29 is 51.0 Å². The Hall–Kier alpha value is -5.29. The summed E-state index contributed by atoms with van der Waals surface area (Å²) in [5.74, 6) is -7.72. The molecule has 2 aromatic carbocycles. The van der Waals surface area contributed by atoms with E-state index in [2.05, 4.69) is 15.6 Å². The van der Waals surface area contributed by atoms with Crippen LogP contribution < -0.4 is 36.1 Å². The normalized spacial score (nSPS) is 14.7. The van der Waals surface area contributed by atoms with Crippen molar-refractivity contribution >= 4 is 29.4 Å². The van der Waals surface area contributed by atoms with Crippen LogP contribution in [0.2, 0.25) is 0 Å². The van der Waals surface area contributed by atoms with Gasteiger partial charge in [0.05, 0.1) is 25.0 Å². The number of nitrogens with two attached hydrogens (primary N) is 1. The van der Waals surface area contributed by atoms with Crippen LogP contribution >= 0.6 is 0 Å². The SMILES string of the molecule is CCOc1cc(=O)[nH]cc1-c1ccc(CC(=O)Nc2c3c(C(=O)NCCN(C)C)cc(C(F)(F)F)c2OC(=O)CC(N)C(=O)O3)c(F)c1. The zero-order chi connectivity index (χ0) is 35.3. The molecule has 4 rings (SSSR count). The zero-order valence-corrected chi connectivity index (χ0v) is 25.9. The highest BCUT2D eigenvalue weighted by Crippen LogP contribution is 2.48. The molecule has 3 aromatic rings. The number of benzene rings is 2. The Morgan fingerprint density at radius 1 is 1.10 bits per heavy atom. The molecule has 0 saturated carbocycles. The van der Waals surface area contributed by atoms with Crippen LogP contribution in [0.4, 0.5) is 23.2 Å². The molecular formula is C31H31F4N5O8. The molecule has 1 atom stereocenters. The fourth-order valence-corrected chi connectivity index (χ4v) is 4.60. The van der Waals surface area contributed by atoms with Gasteiger partial charge < -0.3 is 40.5 Å². The fourth-order valence-electron chi connectivity index (χ4n) is 4.60. The number of fused-ring (bicyclic) bond motifs is 2. The number of likely N-dealkylation sites (N-methyl/N-ethyl adjacent to an activating group) is 1. The van der Waals surface area contributed by atoms with Gasteiger partial charge in [0.1, 0.15) is 28.9 Å². The molecule has 0 radical (unpaired) electrons. The molecule has 2 heterocycles. The van der Waals surface area contributed by atoms with Gasteiger partial charge in [-0.05, 0) is 44.3 Å². The van der Waals surface area contributed by atoms with Crippen LogP contribution in [-0.2, 0) is 27.0 Å². The predicted octanol–water partition coefficient (Wildman–Crippen LogP) is 2.61. The summed E-state index contributed by atoms with van der Waals surface area (Å²) in [6, 6.07) is 3.54. The number of anilines is 1. The van der Waals surface area contributed by atoms with Crippen molar-refractivity contribution in [2.75, 3.05) is 39.1 Å². The summed E-state index contributed by atoms with van der Waals surface area (Å²) < 4.78 is 74.0. The maximum absolute atomic E-state index is 15.3. The maximum atomic E-state index is 15.3. The van der Waals surface area contributed by atoms with Gasteiger partial charge in [-0.1, -0.05) is 12.1 Å². The summed E-state index contributed by atoms with van der Waals surface area (Å²) in [7, 11) is 3.37. The second-order valence-electron chi connectivity index (χ2n) is 10.8. The van der Waals surface area contributed by atoms with Gasteiger partial charge in [-0.15, -0.1) is 0 Å². The number of nitrogens with zero attached hydrogens (tertiary/aromatic N) is 1. The van der Waals surface area contributed by atoms with E-state index in [0.717, 1.165) is 6.07 Å². The summed E-state index contributed by atoms with van der Waals surface area (Å²) in [6.07, 6.45) is -5.57. The van der Waals surface area contributed by atoms with Crippen molar-refractivity contribution in [2.45, 2.75) is 32.0 Å². The Kier molecular flexibility index (Phi) is 10.8. The van der Waals surface area contributed by atoms with Crippen molar-refractivity contribution in [3.63, 3.8) is 0 Å². The Bertz CT molecular complexity index is 1810. The van der Waals surface area contributed by atoms with Gasteiger partial charge in [-0.25, -0.2) is 9.18 Å². The van der Waals surface area contributed by atoms with Crippen molar-refractivity contribution in [2.24, 2.45) is 5.73 Å². The van der Waals surface area contributed by atoms with Crippen LogP contribution in [0, 0.1) is 5.82 Å². The second kappa shape index (κ2) is 14.6. The van der Waals surface area contributed by atoms with Gasteiger partial charge in [0.25, 0.3) is 11.5 Å². The lowest BCUT2D eigenvalue weighted by Crippen LogP contribution is -2.37. The Labute approximate surface area is 270 Å². The Morgan fingerprint density at radius 3 is 2.48 bits per heavy atom. The third-order valence-corrected chi connectivity index (χ3v) is 6.90. The number of carbonyl (C=O) groups is 4. The van der Waals surface area contributed by atoms with E-state index in [-0.39, 0.29) is 36.6 Å². The summed E-state index contributed by atoms with van der Waals surface area (Å²) in [4.78, 5) is 67.5. The minimum absolute atomic E-state index is 0.0289. The smallest absolute Gasteiger partial charge is 0.420 e. The molecule has 5 N–H and O–H groups in total. The summed E-state index contributed by atoms with van der Waals surface area (Å²) >= 11 is 0. The second-order valence-corrected chi connectivity index (χ2v) is 10.8. The number of carbonyl (C=O) groups excluding carboxylic acids is 4. The van der Waals surface area contributed by atoms with E-state index in [0.29, 0.717) is 11.6 Å². The molecule has 13 nitrogen and oxygen atoms in total. The third-order valence-electron chi connectivity index (χ3n) is 6.90. The number of ether oxygens (including phenoxy) is 3. The van der Waals surface area contributed by atoms with Crippen LogP contribution in [0.5, 0.6) is 17.2 Å². The topological polar surface area (TPSA) is 182 Å². The highest BCUT2D eigenvalue weighted by Gasteiger charge is 2.42. The van der Waals surface area contributed by atoms with Crippen molar-refractivity contribution in [1.29, 1.82) is 0 Å². The molecule has 0 fully saturated rings. The molecule has 1 unspecified atom stereocenters. The van der Waals surface area contributed by atoms with Gasteiger partial charge in [0.2, 0.25) is 5.91 Å². The summed E-state index contributed by atoms with van der Waals surface area (Å²) in [5.41, 5.74) is 2.21. The van der Waals surface area contributed by atoms with E-state index >= 15 is 4.39 Å². The Morgan fingerprint density at radius 2 is 1.83 bits per heavy atom. The van der Waals surface area contributed by atoms with Gasteiger partial charge in [0.15, 0.2) is 11.5 Å². The largest absolute Gasteiger partial charge is 0.493 e. The Balaban J connectivity index is 1.77. The maximum Gasteiger partial charge on any atom is 0.420 e. The molecule has 0 spiro atoms. The van der Waals surface area contributed by atoms with Gasteiger partial charge >= 0.3 is 18.1 Å². The number of alkyl halides is 3. The molecule has 48 heavy (non-hydrogen) atoms. The summed E-state index contributed by atoms with van der Waals surface area (Å²) in [6.45, 7) is 2.16. The third kappa shape index (κ3) is 8.34. The molecular weight excluding hydrogens is 646 g/mol. The number of hydrogen-bond donors (Lipinski definition) is 4. The average Bonchev–Trinajstić information content (AvgIpc) is 3.01. The minimum Gasteiger partial charge on any atom is -0.493 e. The van der Waals surface area contributed by atoms with E-state index in [1.54, 1.807) is 25.9 Å². The van der Waals surface area contributed by atoms with E-state index in [1.165, 1.54) is 24.4 Å². The quantitative estimate of drug-likeness (QED) is 0.141. The number of esters is 2. The monoisotopic (exact) mass is 677 g/mol. The number of H-pyrrole nitrogens is 1. The molecule has 0 saturated heterocycles. The molecule has 1 aliphatic rings. The van der Waals surface area contributed by atoms with Crippen LogP contribution in [0.25, 0.3) is 11.1 Å². The lowest BCUT2D eigenvalue weighted by molar-refractivity contribution is -0.144. The van der Waals surface area contributed by atoms with E-state index in [4.69, 9.17) is 19.9 Å². The molecule has 17 heteroatoms. The minimum atomic E-state index is -5.24. The molecule has 2 bridgehead atoms.